The van der Waals surface area contributed by atoms with Crippen LogP contribution in [-0.4, -0.2) is 31.0 Å². The molecule has 0 saturated carbocycles. The molecule has 0 aliphatic rings. The van der Waals surface area contributed by atoms with Crippen LogP contribution < -0.4 is 5.32 Å². The van der Waals surface area contributed by atoms with Gasteiger partial charge in [0.15, 0.2) is 0 Å². The summed E-state index contributed by atoms with van der Waals surface area (Å²) in [6.07, 6.45) is 0. The number of hydrogen-bond acceptors (Lipinski definition) is 4. The highest BCUT2D eigenvalue weighted by atomic mass is 32.1. The van der Waals surface area contributed by atoms with Crippen molar-refractivity contribution in [2.24, 2.45) is 0 Å². The molecule has 1 heterocycles. The fourth-order valence-corrected chi connectivity index (χ4v) is 2.33. The van der Waals surface area contributed by atoms with Gasteiger partial charge in [0, 0.05) is 17.6 Å². The molecule has 0 fully saturated rings. The number of hydroxylamine groups is 2. The molecule has 6 heteroatoms. The topological polar surface area (TPSA) is 58.6 Å². The monoisotopic (exact) mass is 290 g/mol. The van der Waals surface area contributed by atoms with E-state index in [9.17, 15) is 9.59 Å². The van der Waals surface area contributed by atoms with Crippen LogP contribution in [0.25, 0.3) is 10.4 Å². The molecule has 104 valence electrons. The Morgan fingerprint density at radius 2 is 2.05 bits per heavy atom. The minimum atomic E-state index is -0.756. The maximum absolute atomic E-state index is 11.7. The van der Waals surface area contributed by atoms with E-state index in [4.69, 9.17) is 0 Å². The second-order valence-corrected chi connectivity index (χ2v) is 4.95. The van der Waals surface area contributed by atoms with Crippen LogP contribution in [0.1, 0.15) is 0 Å². The fourth-order valence-electron chi connectivity index (χ4n) is 1.60. The summed E-state index contributed by atoms with van der Waals surface area (Å²) >= 11 is 1.61. The molecule has 0 unspecified atom stereocenters. The van der Waals surface area contributed by atoms with Gasteiger partial charge >= 0.3 is 11.8 Å². The second-order valence-electron chi connectivity index (χ2n) is 4.00. The van der Waals surface area contributed by atoms with Crippen molar-refractivity contribution in [2.45, 2.75) is 0 Å². The number of thiophene rings is 1. The zero-order valence-electron chi connectivity index (χ0n) is 11.1. The highest BCUT2D eigenvalue weighted by Gasteiger charge is 2.18. The summed E-state index contributed by atoms with van der Waals surface area (Å²) in [6, 6.07) is 11.3. The van der Waals surface area contributed by atoms with Crippen LogP contribution in [0.5, 0.6) is 0 Å². The van der Waals surface area contributed by atoms with Crippen molar-refractivity contribution in [1.29, 1.82) is 0 Å². The normalized spacial score (nSPS) is 10.1. The Labute approximate surface area is 120 Å². The Kier molecular flexibility index (Phi) is 4.49. The van der Waals surface area contributed by atoms with E-state index in [0.29, 0.717) is 5.69 Å². The van der Waals surface area contributed by atoms with E-state index < -0.39 is 11.8 Å². The zero-order valence-corrected chi connectivity index (χ0v) is 11.9. The minimum Gasteiger partial charge on any atom is -0.318 e. The molecule has 0 atom stereocenters. The molecule has 2 amide bonds. The largest absolute Gasteiger partial charge is 0.335 e. The summed E-state index contributed by atoms with van der Waals surface area (Å²) in [5.74, 6) is -1.49. The van der Waals surface area contributed by atoms with Gasteiger partial charge in [0.05, 0.1) is 7.11 Å². The number of likely N-dealkylation sites (N-methyl/N-ethyl adjacent to an activating group) is 1. The molecule has 1 aromatic heterocycles. The van der Waals surface area contributed by atoms with Gasteiger partial charge in [0.2, 0.25) is 0 Å². The van der Waals surface area contributed by atoms with Crippen molar-refractivity contribution in [3.63, 3.8) is 0 Å². The molecule has 2 aromatic rings. The van der Waals surface area contributed by atoms with E-state index in [-0.39, 0.29) is 0 Å². The van der Waals surface area contributed by atoms with Crippen molar-refractivity contribution in [1.82, 2.24) is 5.06 Å². The summed E-state index contributed by atoms with van der Waals surface area (Å²) in [4.78, 5) is 29.1. The van der Waals surface area contributed by atoms with Crippen LogP contribution in [0.15, 0.2) is 41.8 Å². The van der Waals surface area contributed by atoms with E-state index in [1.165, 1.54) is 14.2 Å². The van der Waals surface area contributed by atoms with Crippen molar-refractivity contribution in [2.75, 3.05) is 19.5 Å². The summed E-state index contributed by atoms with van der Waals surface area (Å²) in [5.41, 5.74) is 1.56. The lowest BCUT2D eigenvalue weighted by Gasteiger charge is -2.13. The van der Waals surface area contributed by atoms with E-state index in [1.54, 1.807) is 17.4 Å². The third-order valence-electron chi connectivity index (χ3n) is 2.68. The highest BCUT2D eigenvalue weighted by molar-refractivity contribution is 7.13. The Hall–Kier alpha value is -2.18. The summed E-state index contributed by atoms with van der Waals surface area (Å²) in [6.45, 7) is 0. The second kappa shape index (κ2) is 6.31. The minimum absolute atomic E-state index is 0.568. The van der Waals surface area contributed by atoms with Gasteiger partial charge in [0.25, 0.3) is 0 Å². The Bertz CT molecular complexity index is 611. The standard InChI is InChI=1S/C14H14N2O3S/c1-16(19-2)14(18)13(17)15-11-6-3-5-10(9-11)12-7-4-8-20-12/h3-9H,1-2H3,(H,15,17). The van der Waals surface area contributed by atoms with Gasteiger partial charge in [-0.3, -0.25) is 14.4 Å². The van der Waals surface area contributed by atoms with E-state index >= 15 is 0 Å². The molecule has 5 nitrogen and oxygen atoms in total. The first kappa shape index (κ1) is 14.2. The average Bonchev–Trinajstić information content (AvgIpc) is 3.00. The number of anilines is 1. The molecule has 0 bridgehead atoms. The lowest BCUT2D eigenvalue weighted by molar-refractivity contribution is -0.171. The maximum Gasteiger partial charge on any atom is 0.335 e. The van der Waals surface area contributed by atoms with E-state index in [0.717, 1.165) is 15.5 Å². The lowest BCUT2D eigenvalue weighted by atomic mass is 10.1. The summed E-state index contributed by atoms with van der Waals surface area (Å²) in [5, 5.41) is 5.41. The molecule has 0 aliphatic carbocycles. The first-order valence-corrected chi connectivity index (χ1v) is 6.77. The average molecular weight is 290 g/mol. The van der Waals surface area contributed by atoms with Crippen LogP contribution >= 0.6 is 11.3 Å². The Morgan fingerprint density at radius 3 is 2.70 bits per heavy atom. The predicted molar refractivity (Wildman–Crippen MR) is 78.2 cm³/mol. The van der Waals surface area contributed by atoms with Gasteiger partial charge in [-0.1, -0.05) is 18.2 Å². The third kappa shape index (κ3) is 3.23. The molecule has 2 rings (SSSR count). The Morgan fingerprint density at radius 1 is 1.25 bits per heavy atom. The molecule has 0 saturated heterocycles. The van der Waals surface area contributed by atoms with Crippen molar-refractivity contribution < 1.29 is 14.4 Å². The molecular weight excluding hydrogens is 276 g/mol. The number of carbonyl (C=O) groups excluding carboxylic acids is 2. The van der Waals surface area contributed by atoms with Gasteiger partial charge in [0.1, 0.15) is 0 Å². The number of carbonyl (C=O) groups is 2. The molecule has 0 aliphatic heterocycles. The molecule has 1 aromatic carbocycles. The van der Waals surface area contributed by atoms with Crippen LogP contribution in [0, 0.1) is 0 Å². The molecule has 1 N–H and O–H groups in total. The number of hydrogen-bond donors (Lipinski definition) is 1. The Balaban J connectivity index is 2.13. The van der Waals surface area contributed by atoms with Gasteiger partial charge in [-0.25, -0.2) is 5.06 Å². The summed E-state index contributed by atoms with van der Waals surface area (Å²) < 4.78 is 0. The SMILES string of the molecule is CON(C)C(=O)C(=O)Nc1cccc(-c2cccs2)c1. The number of benzene rings is 1. The first-order chi connectivity index (χ1) is 9.61. The summed E-state index contributed by atoms with van der Waals surface area (Å²) in [7, 11) is 2.70. The van der Waals surface area contributed by atoms with Gasteiger partial charge in [-0.2, -0.15) is 0 Å². The quantitative estimate of drug-likeness (QED) is 0.697. The molecule has 20 heavy (non-hydrogen) atoms. The van der Waals surface area contributed by atoms with Crippen molar-refractivity contribution in [3.8, 4) is 10.4 Å². The van der Waals surface area contributed by atoms with Crippen LogP contribution in [0.3, 0.4) is 0 Å². The molecule has 0 spiro atoms. The predicted octanol–water partition coefficient (Wildman–Crippen LogP) is 2.37. The number of nitrogens with zero attached hydrogens (tertiary/aromatic N) is 1. The zero-order chi connectivity index (χ0) is 14.5. The number of nitrogens with one attached hydrogen (secondary N) is 1. The van der Waals surface area contributed by atoms with Gasteiger partial charge < -0.3 is 5.32 Å². The highest BCUT2D eigenvalue weighted by Crippen LogP contribution is 2.26. The number of amides is 2. The van der Waals surface area contributed by atoms with Crippen LogP contribution in [0.4, 0.5) is 5.69 Å². The van der Waals surface area contributed by atoms with Gasteiger partial charge in [-0.15, -0.1) is 11.3 Å². The van der Waals surface area contributed by atoms with Gasteiger partial charge in [-0.05, 0) is 29.1 Å². The van der Waals surface area contributed by atoms with E-state index in [2.05, 4.69) is 10.2 Å². The molecule has 0 radical (unpaired) electrons. The van der Waals surface area contributed by atoms with Crippen LogP contribution in [0.2, 0.25) is 0 Å². The lowest BCUT2D eigenvalue weighted by Crippen LogP contribution is -2.36. The third-order valence-corrected chi connectivity index (χ3v) is 3.60. The molecular formula is C14H14N2O3S. The first-order valence-electron chi connectivity index (χ1n) is 5.89. The van der Waals surface area contributed by atoms with E-state index in [1.807, 2.05) is 35.7 Å². The van der Waals surface area contributed by atoms with Crippen molar-refractivity contribution >= 4 is 28.8 Å². The van der Waals surface area contributed by atoms with Crippen molar-refractivity contribution in [3.05, 3.63) is 41.8 Å². The fraction of sp³-hybridized carbons (Fsp3) is 0.143. The number of rotatable bonds is 3. The smallest absolute Gasteiger partial charge is 0.318 e. The maximum atomic E-state index is 11.7. The van der Waals surface area contributed by atoms with Crippen LogP contribution in [-0.2, 0) is 14.4 Å².